The van der Waals surface area contributed by atoms with Crippen molar-refractivity contribution in [2.24, 2.45) is 0 Å². The molecule has 0 amide bonds. The van der Waals surface area contributed by atoms with Gasteiger partial charge in [0.15, 0.2) is 31.9 Å². The molecule has 162 valence electrons. The number of carbonyl (C=O) groups is 2. The van der Waals surface area contributed by atoms with Crippen molar-refractivity contribution in [1.82, 2.24) is 14.8 Å². The van der Waals surface area contributed by atoms with Crippen LogP contribution < -0.4 is 0 Å². The number of para-hydroxylation sites is 1. The van der Waals surface area contributed by atoms with E-state index in [9.17, 15) is 18.0 Å². The fourth-order valence-corrected chi connectivity index (χ4v) is 5.20. The van der Waals surface area contributed by atoms with Gasteiger partial charge in [0, 0.05) is 12.1 Å². The van der Waals surface area contributed by atoms with Gasteiger partial charge in [-0.05, 0) is 24.3 Å². The van der Waals surface area contributed by atoms with E-state index in [0.29, 0.717) is 5.69 Å². The zero-order valence-electron chi connectivity index (χ0n) is 17.0. The number of hydrogen-bond acceptors (Lipinski definition) is 8. The molecule has 0 N–H and O–H groups in total. The van der Waals surface area contributed by atoms with Crippen LogP contribution in [-0.4, -0.2) is 47.3 Å². The predicted molar refractivity (Wildman–Crippen MR) is 116 cm³/mol. The normalized spacial score (nSPS) is 12.3. The van der Waals surface area contributed by atoms with E-state index in [0.717, 1.165) is 11.8 Å². The molecule has 0 saturated heterocycles. The number of esters is 1. The molecule has 0 aliphatic rings. The predicted octanol–water partition coefficient (Wildman–Crippen LogP) is 2.85. The minimum Gasteiger partial charge on any atom is -0.468 e. The summed E-state index contributed by atoms with van der Waals surface area (Å²) in [6, 6.07) is 17.0. The highest BCUT2D eigenvalue weighted by atomic mass is 32.2. The zero-order valence-corrected chi connectivity index (χ0v) is 18.6. The van der Waals surface area contributed by atoms with Gasteiger partial charge in [0.05, 0.1) is 12.0 Å². The lowest BCUT2D eigenvalue weighted by molar-refractivity contribution is -0.142. The maximum Gasteiger partial charge on any atom is 0.326 e. The summed E-state index contributed by atoms with van der Waals surface area (Å²) < 4.78 is 32.1. The second-order valence-corrected chi connectivity index (χ2v) is 9.54. The molecule has 3 aromatic rings. The molecule has 0 aliphatic carbocycles. The summed E-state index contributed by atoms with van der Waals surface area (Å²) in [5, 5.41) is 7.27. The van der Waals surface area contributed by atoms with Crippen LogP contribution in [-0.2, 0) is 29.9 Å². The topological polar surface area (TPSA) is 108 Å². The number of ether oxygens (including phenoxy) is 1. The molecule has 0 radical (unpaired) electrons. The van der Waals surface area contributed by atoms with Crippen molar-refractivity contribution in [1.29, 1.82) is 0 Å². The lowest BCUT2D eigenvalue weighted by Gasteiger charge is -2.14. The first-order chi connectivity index (χ1) is 14.9. The third-order valence-corrected chi connectivity index (χ3v) is 7.21. The average Bonchev–Trinajstić information content (AvgIpc) is 3.18. The van der Waals surface area contributed by atoms with E-state index in [1.807, 2.05) is 6.07 Å². The molecule has 0 aliphatic heterocycles. The maximum absolute atomic E-state index is 12.9. The van der Waals surface area contributed by atoms with Gasteiger partial charge < -0.3 is 4.74 Å². The van der Waals surface area contributed by atoms with Gasteiger partial charge >= 0.3 is 5.97 Å². The number of methoxy groups -OCH3 is 1. The first kappa shape index (κ1) is 22.7. The first-order valence-corrected chi connectivity index (χ1v) is 11.9. The van der Waals surface area contributed by atoms with E-state index in [4.69, 9.17) is 4.74 Å². The molecular weight excluding hydrogens is 438 g/mol. The van der Waals surface area contributed by atoms with Crippen LogP contribution in [0.25, 0.3) is 5.69 Å². The second kappa shape index (κ2) is 9.88. The van der Waals surface area contributed by atoms with Crippen LogP contribution in [0.15, 0.2) is 70.7 Å². The monoisotopic (exact) mass is 459 g/mol. The van der Waals surface area contributed by atoms with Gasteiger partial charge in [0.2, 0.25) is 0 Å². The molecule has 1 aromatic heterocycles. The molecule has 2 aromatic carbocycles. The Bertz CT molecular complexity index is 1150. The summed E-state index contributed by atoms with van der Waals surface area (Å²) in [7, 11) is -2.49. The van der Waals surface area contributed by atoms with Crippen molar-refractivity contribution in [3.05, 3.63) is 66.5 Å². The standard InChI is InChI=1S/C21H21N3O5S2/c1-3-17(25)19(20(26)29-2)30-21-23-22-18(24(21)15-10-6-4-7-11-15)14-31(27,28)16-12-8-5-9-13-16/h4-13,19H,3,14H2,1-2H3. The van der Waals surface area contributed by atoms with Crippen molar-refractivity contribution < 1.29 is 22.7 Å². The Labute approximate surface area is 184 Å². The van der Waals surface area contributed by atoms with Gasteiger partial charge in [0.25, 0.3) is 0 Å². The van der Waals surface area contributed by atoms with Crippen molar-refractivity contribution in [3.63, 3.8) is 0 Å². The summed E-state index contributed by atoms with van der Waals surface area (Å²) in [5.41, 5.74) is 0.612. The molecule has 8 nitrogen and oxygen atoms in total. The molecule has 3 rings (SSSR count). The second-order valence-electron chi connectivity index (χ2n) is 6.48. The Morgan fingerprint density at radius 1 is 1.03 bits per heavy atom. The number of sulfone groups is 1. The minimum atomic E-state index is -3.69. The van der Waals surface area contributed by atoms with Crippen LogP contribution in [0, 0.1) is 0 Å². The van der Waals surface area contributed by atoms with Crippen molar-refractivity contribution in [2.75, 3.05) is 7.11 Å². The highest BCUT2D eigenvalue weighted by molar-refractivity contribution is 8.01. The van der Waals surface area contributed by atoms with Crippen LogP contribution in [0.1, 0.15) is 19.2 Å². The van der Waals surface area contributed by atoms with Gasteiger partial charge in [-0.2, -0.15) is 0 Å². The molecule has 1 unspecified atom stereocenters. The Kier molecular flexibility index (Phi) is 7.24. The third-order valence-electron chi connectivity index (χ3n) is 4.42. The highest BCUT2D eigenvalue weighted by Crippen LogP contribution is 2.29. The lowest BCUT2D eigenvalue weighted by Crippen LogP contribution is -2.28. The Balaban J connectivity index is 2.05. The van der Waals surface area contributed by atoms with Gasteiger partial charge in [-0.15, -0.1) is 10.2 Å². The van der Waals surface area contributed by atoms with E-state index in [-0.39, 0.29) is 28.1 Å². The first-order valence-electron chi connectivity index (χ1n) is 9.42. The molecular formula is C21H21N3O5S2. The number of hydrogen-bond donors (Lipinski definition) is 0. The molecule has 0 saturated carbocycles. The Morgan fingerprint density at radius 3 is 2.23 bits per heavy atom. The molecule has 0 bridgehead atoms. The van der Waals surface area contributed by atoms with Gasteiger partial charge in [-0.1, -0.05) is 55.1 Å². The number of Topliss-reactive ketones (excluding diaryl/α,β-unsaturated/α-hetero) is 1. The number of thioether (sulfide) groups is 1. The Morgan fingerprint density at radius 2 is 1.65 bits per heavy atom. The number of benzene rings is 2. The largest absolute Gasteiger partial charge is 0.468 e. The smallest absolute Gasteiger partial charge is 0.326 e. The quantitative estimate of drug-likeness (QED) is 0.273. The van der Waals surface area contributed by atoms with Crippen molar-refractivity contribution in [2.45, 2.75) is 34.4 Å². The summed E-state index contributed by atoms with van der Waals surface area (Å²) in [6.07, 6.45) is 0.140. The lowest BCUT2D eigenvalue weighted by atomic mass is 10.2. The molecule has 1 atom stereocenters. The van der Waals surface area contributed by atoms with E-state index < -0.39 is 26.8 Å². The fourth-order valence-electron chi connectivity index (χ4n) is 2.83. The summed E-state index contributed by atoms with van der Waals surface area (Å²) in [6.45, 7) is 1.65. The van der Waals surface area contributed by atoms with E-state index in [1.54, 1.807) is 54.0 Å². The average molecular weight is 460 g/mol. The number of nitrogens with zero attached hydrogens (tertiary/aromatic N) is 3. The maximum atomic E-state index is 12.9. The number of carbonyl (C=O) groups excluding carboxylic acids is 2. The molecule has 10 heteroatoms. The van der Waals surface area contributed by atoms with Crippen LogP contribution in [0.4, 0.5) is 0 Å². The minimum absolute atomic E-state index is 0.140. The van der Waals surface area contributed by atoms with Gasteiger partial charge in [-0.25, -0.2) is 8.42 Å². The summed E-state index contributed by atoms with van der Waals surface area (Å²) >= 11 is 0.889. The van der Waals surface area contributed by atoms with Crippen LogP contribution in [0.5, 0.6) is 0 Å². The fraction of sp³-hybridized carbons (Fsp3) is 0.238. The van der Waals surface area contributed by atoms with E-state index in [1.165, 1.54) is 19.2 Å². The van der Waals surface area contributed by atoms with Gasteiger partial charge in [-0.3, -0.25) is 14.2 Å². The van der Waals surface area contributed by atoms with E-state index in [2.05, 4.69) is 10.2 Å². The molecule has 31 heavy (non-hydrogen) atoms. The number of aromatic nitrogens is 3. The Hall–Kier alpha value is -2.98. The summed E-state index contributed by atoms with van der Waals surface area (Å²) in [5.74, 6) is -1.25. The van der Waals surface area contributed by atoms with Crippen LogP contribution in [0.3, 0.4) is 0 Å². The van der Waals surface area contributed by atoms with E-state index >= 15 is 0 Å². The van der Waals surface area contributed by atoms with Crippen LogP contribution in [0.2, 0.25) is 0 Å². The zero-order chi connectivity index (χ0) is 22.4. The van der Waals surface area contributed by atoms with Crippen molar-refractivity contribution in [3.8, 4) is 5.69 Å². The summed E-state index contributed by atoms with van der Waals surface area (Å²) in [4.78, 5) is 24.6. The SMILES string of the molecule is CCC(=O)C(Sc1nnc(CS(=O)(=O)c2ccccc2)n1-c1ccccc1)C(=O)OC. The third kappa shape index (κ3) is 5.20. The molecule has 0 fully saturated rings. The molecule has 0 spiro atoms. The van der Waals surface area contributed by atoms with Crippen molar-refractivity contribution >= 4 is 33.4 Å². The van der Waals surface area contributed by atoms with Gasteiger partial charge in [0.1, 0.15) is 5.75 Å². The van der Waals surface area contributed by atoms with Crippen LogP contribution >= 0.6 is 11.8 Å². The number of rotatable bonds is 9. The number of ketones is 1. The highest BCUT2D eigenvalue weighted by Gasteiger charge is 2.31. The molecule has 1 heterocycles.